The second-order valence-electron chi connectivity index (χ2n) is 4.81. The molecule has 1 aliphatic rings. The lowest BCUT2D eigenvalue weighted by molar-refractivity contribution is 0.336. The van der Waals surface area contributed by atoms with Gasteiger partial charge in [-0.15, -0.1) is 0 Å². The maximum absolute atomic E-state index is 13.2. The lowest BCUT2D eigenvalue weighted by Crippen LogP contribution is -2.41. The van der Waals surface area contributed by atoms with Crippen molar-refractivity contribution < 1.29 is 9.04 Å². The molecule has 2 nitrogen and oxygen atoms in total. The first-order valence-corrected chi connectivity index (χ1v) is 6.47. The Hall–Kier alpha value is -1.65. The molecule has 96 valence electrons. The first-order valence-electron chi connectivity index (χ1n) is 6.47. The molecule has 19 heavy (non-hydrogen) atoms. The van der Waals surface area contributed by atoms with Crippen molar-refractivity contribution >= 4 is 17.8 Å². The molecule has 0 radical (unpaired) electrons. The molecule has 0 spiro atoms. The number of rotatable bonds is 3. The van der Waals surface area contributed by atoms with Gasteiger partial charge in [-0.1, -0.05) is 30.3 Å². The van der Waals surface area contributed by atoms with Gasteiger partial charge in [0.1, 0.15) is 5.82 Å². The SMILES string of the molecule is NCCc1ccc(B2OCc3cc(F)ccc32)cc1. The van der Waals surface area contributed by atoms with Gasteiger partial charge < -0.3 is 10.4 Å². The third-order valence-electron chi connectivity index (χ3n) is 3.51. The first-order chi connectivity index (χ1) is 9.28. The molecule has 0 aliphatic carbocycles. The van der Waals surface area contributed by atoms with Crippen LogP contribution in [0.1, 0.15) is 11.1 Å². The molecular weight excluding hydrogens is 240 g/mol. The Bertz CT molecular complexity index is 585. The molecule has 0 fully saturated rings. The van der Waals surface area contributed by atoms with E-state index in [1.807, 2.05) is 6.07 Å². The Morgan fingerprint density at radius 1 is 1.16 bits per heavy atom. The van der Waals surface area contributed by atoms with Gasteiger partial charge in [-0.3, -0.25) is 0 Å². The Morgan fingerprint density at radius 2 is 1.95 bits per heavy atom. The van der Waals surface area contributed by atoms with Gasteiger partial charge in [0.2, 0.25) is 0 Å². The molecule has 1 aliphatic heterocycles. The minimum Gasteiger partial charge on any atom is -0.423 e. The molecule has 0 bridgehead atoms. The molecule has 0 atom stereocenters. The highest BCUT2D eigenvalue weighted by atomic mass is 19.1. The van der Waals surface area contributed by atoms with Gasteiger partial charge in [0, 0.05) is 0 Å². The highest BCUT2D eigenvalue weighted by Crippen LogP contribution is 2.13. The van der Waals surface area contributed by atoms with Gasteiger partial charge in [0.05, 0.1) is 6.61 Å². The van der Waals surface area contributed by atoms with Crippen LogP contribution in [0.15, 0.2) is 42.5 Å². The summed E-state index contributed by atoms with van der Waals surface area (Å²) in [4.78, 5) is 0. The van der Waals surface area contributed by atoms with E-state index in [1.165, 1.54) is 11.6 Å². The summed E-state index contributed by atoms with van der Waals surface area (Å²) < 4.78 is 18.9. The van der Waals surface area contributed by atoms with Crippen molar-refractivity contribution in [3.05, 3.63) is 59.4 Å². The topological polar surface area (TPSA) is 35.2 Å². The number of fused-ring (bicyclic) bond motifs is 1. The van der Waals surface area contributed by atoms with Crippen LogP contribution in [0.4, 0.5) is 4.39 Å². The van der Waals surface area contributed by atoms with Crippen LogP contribution in [0.3, 0.4) is 0 Å². The van der Waals surface area contributed by atoms with Crippen molar-refractivity contribution in [2.24, 2.45) is 5.73 Å². The molecule has 0 unspecified atom stereocenters. The Labute approximate surface area is 112 Å². The number of benzene rings is 2. The fourth-order valence-corrected chi connectivity index (χ4v) is 2.52. The van der Waals surface area contributed by atoms with Crippen molar-refractivity contribution in [1.82, 2.24) is 0 Å². The zero-order valence-electron chi connectivity index (χ0n) is 10.6. The molecule has 2 N–H and O–H groups in total. The first kappa shape index (κ1) is 12.4. The fraction of sp³-hybridized carbons (Fsp3) is 0.200. The summed E-state index contributed by atoms with van der Waals surface area (Å²) in [5.74, 6) is -0.207. The van der Waals surface area contributed by atoms with Crippen LogP contribution in [0.5, 0.6) is 0 Å². The van der Waals surface area contributed by atoms with Gasteiger partial charge in [-0.2, -0.15) is 0 Å². The summed E-state index contributed by atoms with van der Waals surface area (Å²) in [5.41, 5.74) is 9.87. The van der Waals surface area contributed by atoms with E-state index in [9.17, 15) is 4.39 Å². The van der Waals surface area contributed by atoms with Gasteiger partial charge >= 0.3 is 6.92 Å². The largest absolute Gasteiger partial charge is 0.423 e. The van der Waals surface area contributed by atoms with E-state index in [0.717, 1.165) is 22.9 Å². The number of halogens is 1. The normalized spacial score (nSPS) is 13.7. The highest BCUT2D eigenvalue weighted by molar-refractivity contribution is 6.81. The van der Waals surface area contributed by atoms with Crippen molar-refractivity contribution in [2.45, 2.75) is 13.0 Å². The molecule has 2 aromatic rings. The second-order valence-corrected chi connectivity index (χ2v) is 4.81. The number of nitrogens with two attached hydrogens (primary N) is 1. The van der Waals surface area contributed by atoms with Gasteiger partial charge in [-0.25, -0.2) is 4.39 Å². The highest BCUT2D eigenvalue weighted by Gasteiger charge is 2.29. The van der Waals surface area contributed by atoms with E-state index >= 15 is 0 Å². The van der Waals surface area contributed by atoms with E-state index in [-0.39, 0.29) is 12.7 Å². The lowest BCUT2D eigenvalue weighted by Gasteiger charge is -2.08. The fourth-order valence-electron chi connectivity index (χ4n) is 2.52. The van der Waals surface area contributed by atoms with Gasteiger partial charge in [-0.05, 0) is 47.2 Å². The summed E-state index contributed by atoms with van der Waals surface area (Å²) >= 11 is 0. The molecule has 2 aromatic carbocycles. The van der Waals surface area contributed by atoms with Crippen LogP contribution in [0.25, 0.3) is 0 Å². The third kappa shape index (κ3) is 2.42. The summed E-state index contributed by atoms with van der Waals surface area (Å²) in [7, 11) is 0. The molecule has 1 heterocycles. The van der Waals surface area contributed by atoms with Crippen molar-refractivity contribution in [3.63, 3.8) is 0 Å². The van der Waals surface area contributed by atoms with E-state index in [2.05, 4.69) is 24.3 Å². The van der Waals surface area contributed by atoms with Crippen LogP contribution in [0, 0.1) is 5.82 Å². The average molecular weight is 255 g/mol. The predicted molar refractivity (Wildman–Crippen MR) is 75.4 cm³/mol. The molecule has 0 saturated heterocycles. The zero-order valence-corrected chi connectivity index (χ0v) is 10.6. The molecule has 0 aromatic heterocycles. The van der Waals surface area contributed by atoms with Crippen LogP contribution < -0.4 is 16.7 Å². The predicted octanol–water partition coefficient (Wildman–Crippen LogP) is 0.963. The maximum Gasteiger partial charge on any atom is 0.362 e. The summed E-state index contributed by atoms with van der Waals surface area (Å²) in [6.07, 6.45) is 0.883. The van der Waals surface area contributed by atoms with Crippen LogP contribution >= 0.6 is 0 Å². The average Bonchev–Trinajstić information content (AvgIpc) is 2.83. The monoisotopic (exact) mass is 255 g/mol. The second kappa shape index (κ2) is 5.15. The third-order valence-corrected chi connectivity index (χ3v) is 3.51. The van der Waals surface area contributed by atoms with Crippen molar-refractivity contribution in [3.8, 4) is 0 Å². The summed E-state index contributed by atoms with van der Waals surface area (Å²) in [5, 5.41) is 0. The van der Waals surface area contributed by atoms with E-state index in [0.29, 0.717) is 13.2 Å². The molecule has 0 amide bonds. The Kier molecular flexibility index (Phi) is 3.36. The number of hydrogen-bond donors (Lipinski definition) is 1. The minimum absolute atomic E-state index is 0.0810. The van der Waals surface area contributed by atoms with E-state index < -0.39 is 0 Å². The van der Waals surface area contributed by atoms with Gasteiger partial charge in [0.25, 0.3) is 0 Å². The van der Waals surface area contributed by atoms with Crippen molar-refractivity contribution in [1.29, 1.82) is 0 Å². The molecule has 0 saturated carbocycles. The van der Waals surface area contributed by atoms with Gasteiger partial charge in [0.15, 0.2) is 0 Å². The summed E-state index contributed by atoms with van der Waals surface area (Å²) in [6, 6.07) is 13.1. The summed E-state index contributed by atoms with van der Waals surface area (Å²) in [6.45, 7) is 1.05. The lowest BCUT2D eigenvalue weighted by atomic mass is 9.56. The van der Waals surface area contributed by atoms with E-state index in [1.54, 1.807) is 6.07 Å². The van der Waals surface area contributed by atoms with Crippen LogP contribution in [0.2, 0.25) is 0 Å². The Balaban J connectivity index is 1.88. The quantitative estimate of drug-likeness (QED) is 0.829. The van der Waals surface area contributed by atoms with Crippen molar-refractivity contribution in [2.75, 3.05) is 6.54 Å². The van der Waals surface area contributed by atoms with Crippen LogP contribution in [-0.2, 0) is 17.7 Å². The maximum atomic E-state index is 13.2. The van der Waals surface area contributed by atoms with Crippen LogP contribution in [-0.4, -0.2) is 13.5 Å². The smallest absolute Gasteiger partial charge is 0.362 e. The number of hydrogen-bond acceptors (Lipinski definition) is 2. The zero-order chi connectivity index (χ0) is 13.2. The Morgan fingerprint density at radius 3 is 2.68 bits per heavy atom. The molecule has 4 heteroatoms. The standard InChI is InChI=1S/C15H15BFNO/c17-14-5-6-15-12(9-14)10-19-16(15)13-3-1-11(2-4-13)7-8-18/h1-6,9H,7-8,10,18H2. The van der Waals surface area contributed by atoms with E-state index in [4.69, 9.17) is 10.4 Å². The molecular formula is C15H15BFNO. The molecule has 3 rings (SSSR count). The minimum atomic E-state index is -0.207.